The number of hydrogen-bond acceptors (Lipinski definition) is 8. The number of ether oxygens (including phenoxy) is 3. The number of halogens is 2. The highest BCUT2D eigenvalue weighted by Gasteiger charge is 2.35. The minimum absolute atomic E-state index is 0.0120. The van der Waals surface area contributed by atoms with Crippen LogP contribution in [0, 0.1) is 0 Å². The van der Waals surface area contributed by atoms with Gasteiger partial charge in [-0.15, -0.1) is 0 Å². The molecule has 3 amide bonds. The fourth-order valence-corrected chi connectivity index (χ4v) is 4.31. The minimum atomic E-state index is -1.06. The Kier molecular flexibility index (Phi) is 8.27. The number of nitrogens with one attached hydrogen (secondary N) is 1. The number of esters is 1. The summed E-state index contributed by atoms with van der Waals surface area (Å²) in [7, 11) is 2.61. The number of carboxylic acids is 1. The van der Waals surface area contributed by atoms with Gasteiger partial charge >= 0.3 is 18.0 Å². The quantitative estimate of drug-likeness (QED) is 0.195. The van der Waals surface area contributed by atoms with Crippen LogP contribution in [0.3, 0.4) is 0 Å². The molecular formula is C26H20BrClN2O9. The van der Waals surface area contributed by atoms with Gasteiger partial charge < -0.3 is 29.1 Å². The number of aromatic carboxylic acids is 1. The molecule has 0 unspecified atom stereocenters. The maximum atomic E-state index is 13.0. The topological polar surface area (TPSA) is 145 Å². The SMILES string of the molecule is COC(=O)c1ccc(CN2C(=O)N/C(=C\c3cc(OC)c(OCc4cccc(C(=O)O)c4)c(Cl)c3Br)C2=O)o1. The van der Waals surface area contributed by atoms with Crippen LogP contribution < -0.4 is 14.8 Å². The lowest BCUT2D eigenvalue weighted by atomic mass is 10.1. The lowest BCUT2D eigenvalue weighted by molar-refractivity contribution is -0.123. The maximum Gasteiger partial charge on any atom is 0.373 e. The zero-order valence-electron chi connectivity index (χ0n) is 20.4. The highest BCUT2D eigenvalue weighted by atomic mass is 79.9. The number of benzene rings is 2. The fourth-order valence-electron chi connectivity index (χ4n) is 3.65. The molecule has 1 aromatic heterocycles. The number of carbonyl (C=O) groups is 4. The molecule has 202 valence electrons. The molecule has 0 saturated carbocycles. The molecule has 0 radical (unpaired) electrons. The van der Waals surface area contributed by atoms with Gasteiger partial charge in [0.25, 0.3) is 5.91 Å². The third-order valence-electron chi connectivity index (χ3n) is 5.56. The largest absolute Gasteiger partial charge is 0.493 e. The Morgan fingerprint density at radius 3 is 2.64 bits per heavy atom. The molecule has 1 aliphatic rings. The Bertz CT molecular complexity index is 1520. The van der Waals surface area contributed by atoms with Gasteiger partial charge in [-0.25, -0.2) is 14.4 Å². The second-order valence-corrected chi connectivity index (χ2v) is 9.23. The van der Waals surface area contributed by atoms with Gasteiger partial charge in [-0.2, -0.15) is 0 Å². The Morgan fingerprint density at radius 2 is 1.95 bits per heavy atom. The van der Waals surface area contributed by atoms with Gasteiger partial charge in [0.05, 0.1) is 26.3 Å². The van der Waals surface area contributed by atoms with Crippen LogP contribution in [0.2, 0.25) is 5.02 Å². The van der Waals surface area contributed by atoms with Crippen molar-refractivity contribution in [1.29, 1.82) is 0 Å². The van der Waals surface area contributed by atoms with E-state index in [9.17, 15) is 24.3 Å². The van der Waals surface area contributed by atoms with Crippen molar-refractivity contribution in [3.63, 3.8) is 0 Å². The van der Waals surface area contributed by atoms with E-state index in [4.69, 9.17) is 25.5 Å². The first kappa shape index (κ1) is 27.7. The predicted octanol–water partition coefficient (Wildman–Crippen LogP) is 4.86. The van der Waals surface area contributed by atoms with Crippen molar-refractivity contribution in [2.24, 2.45) is 0 Å². The molecule has 1 saturated heterocycles. The van der Waals surface area contributed by atoms with Gasteiger partial charge in [0.2, 0.25) is 5.76 Å². The summed E-state index contributed by atoms with van der Waals surface area (Å²) < 4.78 is 21.6. The van der Waals surface area contributed by atoms with E-state index in [1.807, 2.05) is 0 Å². The molecular weight excluding hydrogens is 600 g/mol. The smallest absolute Gasteiger partial charge is 0.373 e. The Labute approximate surface area is 235 Å². The Hall–Kier alpha value is -4.29. The van der Waals surface area contributed by atoms with Crippen molar-refractivity contribution in [2.75, 3.05) is 14.2 Å². The monoisotopic (exact) mass is 618 g/mol. The summed E-state index contributed by atoms with van der Waals surface area (Å²) in [5.41, 5.74) is 1.10. The van der Waals surface area contributed by atoms with Gasteiger partial charge in [0.15, 0.2) is 11.5 Å². The lowest BCUT2D eigenvalue weighted by Crippen LogP contribution is -2.30. The van der Waals surface area contributed by atoms with Gasteiger partial charge in [-0.3, -0.25) is 9.69 Å². The van der Waals surface area contributed by atoms with Gasteiger partial charge in [-0.1, -0.05) is 23.7 Å². The number of hydrogen-bond donors (Lipinski definition) is 2. The first-order valence-electron chi connectivity index (χ1n) is 11.2. The summed E-state index contributed by atoms with van der Waals surface area (Å²) in [6, 6.07) is 9.99. The van der Waals surface area contributed by atoms with E-state index in [0.717, 1.165) is 4.90 Å². The number of methoxy groups -OCH3 is 2. The normalized spacial score (nSPS) is 13.9. The number of rotatable bonds is 9. The van der Waals surface area contributed by atoms with Crippen LogP contribution in [0.4, 0.5) is 4.79 Å². The average Bonchev–Trinajstić information content (AvgIpc) is 3.50. The number of urea groups is 1. The maximum absolute atomic E-state index is 13.0. The average molecular weight is 620 g/mol. The van der Waals surface area contributed by atoms with Gasteiger partial charge in [0.1, 0.15) is 23.1 Å². The number of carboxylic acid groups (broad SMARTS) is 1. The Balaban J connectivity index is 1.55. The zero-order valence-corrected chi connectivity index (χ0v) is 22.8. The van der Waals surface area contributed by atoms with E-state index in [-0.39, 0.29) is 52.5 Å². The first-order valence-corrected chi connectivity index (χ1v) is 12.3. The molecule has 11 nitrogen and oxygen atoms in total. The third kappa shape index (κ3) is 5.91. The summed E-state index contributed by atoms with van der Waals surface area (Å²) in [5.74, 6) is -1.79. The number of furan rings is 1. The molecule has 3 aromatic rings. The highest BCUT2D eigenvalue weighted by Crippen LogP contribution is 2.43. The molecule has 0 spiro atoms. The molecule has 2 N–H and O–H groups in total. The van der Waals surface area contributed by atoms with Crippen molar-refractivity contribution >= 4 is 57.5 Å². The number of carbonyl (C=O) groups excluding carboxylic acids is 3. The molecule has 2 aromatic carbocycles. The number of amides is 3. The highest BCUT2D eigenvalue weighted by molar-refractivity contribution is 9.10. The van der Waals surface area contributed by atoms with Crippen molar-refractivity contribution in [3.05, 3.63) is 85.9 Å². The van der Waals surface area contributed by atoms with Crippen molar-refractivity contribution in [1.82, 2.24) is 10.2 Å². The van der Waals surface area contributed by atoms with Crippen molar-refractivity contribution < 1.29 is 42.9 Å². The molecule has 4 rings (SSSR count). The minimum Gasteiger partial charge on any atom is -0.493 e. The summed E-state index contributed by atoms with van der Waals surface area (Å²) in [6.07, 6.45) is 1.42. The van der Waals surface area contributed by atoms with Crippen LogP contribution in [-0.4, -0.2) is 48.1 Å². The first-order chi connectivity index (χ1) is 18.6. The molecule has 0 aliphatic carbocycles. The summed E-state index contributed by atoms with van der Waals surface area (Å²) >= 11 is 9.95. The lowest BCUT2D eigenvalue weighted by Gasteiger charge is -2.15. The van der Waals surface area contributed by atoms with Crippen LogP contribution in [0.15, 0.2) is 57.1 Å². The Morgan fingerprint density at radius 1 is 1.18 bits per heavy atom. The molecule has 1 fully saturated rings. The molecule has 39 heavy (non-hydrogen) atoms. The van der Waals surface area contributed by atoms with E-state index in [1.54, 1.807) is 18.2 Å². The van der Waals surface area contributed by atoms with Crippen molar-refractivity contribution in [2.45, 2.75) is 13.2 Å². The van der Waals surface area contributed by atoms with Crippen molar-refractivity contribution in [3.8, 4) is 11.5 Å². The molecule has 0 bridgehead atoms. The van der Waals surface area contributed by atoms with Gasteiger partial charge in [-0.05, 0) is 63.5 Å². The van der Waals surface area contributed by atoms with E-state index in [0.29, 0.717) is 15.6 Å². The van der Waals surface area contributed by atoms with E-state index < -0.39 is 23.9 Å². The third-order valence-corrected chi connectivity index (χ3v) is 7.00. The van der Waals surface area contributed by atoms with E-state index >= 15 is 0 Å². The second-order valence-electron chi connectivity index (χ2n) is 8.06. The van der Waals surface area contributed by atoms with E-state index in [1.165, 1.54) is 44.6 Å². The fraction of sp³-hybridized carbons (Fsp3) is 0.154. The van der Waals surface area contributed by atoms with Crippen LogP contribution in [0.25, 0.3) is 6.08 Å². The van der Waals surface area contributed by atoms with Gasteiger partial charge in [0, 0.05) is 4.47 Å². The van der Waals surface area contributed by atoms with E-state index in [2.05, 4.69) is 26.0 Å². The number of imide groups is 1. The molecule has 13 heteroatoms. The molecule has 0 atom stereocenters. The summed E-state index contributed by atoms with van der Waals surface area (Å²) in [5, 5.41) is 11.8. The number of nitrogens with zero attached hydrogens (tertiary/aromatic N) is 1. The summed E-state index contributed by atoms with van der Waals surface area (Å²) in [4.78, 5) is 49.2. The summed E-state index contributed by atoms with van der Waals surface area (Å²) in [6.45, 7) is -0.196. The predicted molar refractivity (Wildman–Crippen MR) is 141 cm³/mol. The van der Waals surface area contributed by atoms with Crippen LogP contribution in [-0.2, 0) is 22.7 Å². The zero-order chi connectivity index (χ0) is 28.3. The standard InChI is InChI=1S/C26H20BrClN2O9/c1-36-19-10-15(20(27)21(28)22(19)38-12-13-4-3-5-14(8-13)24(32)33)9-17-23(31)30(26(35)29-17)11-16-6-7-18(39-16)25(34)37-2/h3-10H,11-12H2,1-2H3,(H,29,35)(H,32,33)/b17-9-. The second kappa shape index (κ2) is 11.6. The van der Waals surface area contributed by atoms with Crippen LogP contribution in [0.1, 0.15) is 37.8 Å². The molecule has 1 aliphatic heterocycles. The molecule has 2 heterocycles. The van der Waals surface area contributed by atoms with Crippen LogP contribution >= 0.6 is 27.5 Å². The van der Waals surface area contributed by atoms with Crippen LogP contribution in [0.5, 0.6) is 11.5 Å².